The number of allylic oxidation sites excluding steroid dienone is 8. The molecule has 0 bridgehead atoms. The van der Waals surface area contributed by atoms with E-state index in [4.69, 9.17) is 14.9 Å². The fraction of sp³-hybridized carbons (Fsp3) is 0.782. The van der Waals surface area contributed by atoms with Gasteiger partial charge in [0.2, 0.25) is 11.8 Å². The van der Waals surface area contributed by atoms with Crippen molar-refractivity contribution in [2.45, 2.75) is 264 Å². The van der Waals surface area contributed by atoms with Crippen LogP contribution in [0.3, 0.4) is 0 Å². The number of rotatable bonds is 48. The molecule has 2 atom stereocenters. The van der Waals surface area contributed by atoms with Crippen LogP contribution in [-0.4, -0.2) is 59.3 Å². The van der Waals surface area contributed by atoms with E-state index in [1.165, 1.54) is 122 Å². The predicted molar refractivity (Wildman–Crippen MR) is 268 cm³/mol. The summed E-state index contributed by atoms with van der Waals surface area (Å²) in [5.74, 6) is -2.31. The summed E-state index contributed by atoms with van der Waals surface area (Å²) >= 11 is 0. The van der Waals surface area contributed by atoms with Gasteiger partial charge < -0.3 is 25.6 Å². The van der Waals surface area contributed by atoms with Gasteiger partial charge in [0.1, 0.15) is 12.1 Å². The first-order valence-electron chi connectivity index (χ1n) is 26.5. The number of hydrogen-bond acceptors (Lipinski definition) is 6. The maximum absolute atomic E-state index is 12.9. The van der Waals surface area contributed by atoms with Crippen molar-refractivity contribution >= 4 is 23.8 Å². The molecule has 0 rings (SSSR count). The number of amides is 2. The molecule has 0 saturated heterocycles. The van der Waals surface area contributed by atoms with E-state index in [9.17, 15) is 19.2 Å². The van der Waals surface area contributed by atoms with Gasteiger partial charge in [-0.3, -0.25) is 14.4 Å². The summed E-state index contributed by atoms with van der Waals surface area (Å²) < 4.78 is 6.06. The second-order valence-electron chi connectivity index (χ2n) is 17.9. The number of carboxylic acids is 1. The number of nitrogens with one attached hydrogen (secondary N) is 2. The molecule has 0 aliphatic carbocycles. The summed E-state index contributed by atoms with van der Waals surface area (Å²) in [6.45, 7) is 3.39. The number of carbonyl (C=O) groups is 4. The van der Waals surface area contributed by atoms with Crippen LogP contribution < -0.4 is 10.6 Å². The molecule has 2 amide bonds. The molecule has 4 N–H and O–H groups in total. The van der Waals surface area contributed by atoms with E-state index in [1.807, 2.05) is 0 Å². The second kappa shape index (κ2) is 49.2. The van der Waals surface area contributed by atoms with Crippen LogP contribution in [0, 0.1) is 0 Å². The van der Waals surface area contributed by atoms with Crippen LogP contribution in [0.1, 0.15) is 251 Å². The molecule has 0 radical (unpaired) electrons. The van der Waals surface area contributed by atoms with Crippen molar-refractivity contribution in [3.05, 3.63) is 48.6 Å². The molecule has 0 spiro atoms. The van der Waals surface area contributed by atoms with Crippen molar-refractivity contribution in [2.75, 3.05) is 13.2 Å². The smallest absolute Gasteiger partial charge is 0.328 e. The minimum Gasteiger partial charge on any atom is -0.480 e. The van der Waals surface area contributed by atoms with Crippen molar-refractivity contribution in [3.8, 4) is 0 Å². The molecule has 0 saturated carbocycles. The van der Waals surface area contributed by atoms with Gasteiger partial charge in [-0.2, -0.15) is 0 Å². The van der Waals surface area contributed by atoms with Crippen molar-refractivity contribution in [1.82, 2.24) is 10.6 Å². The molecule has 2 unspecified atom stereocenters. The molecule has 0 aliphatic rings. The van der Waals surface area contributed by atoms with Crippen molar-refractivity contribution in [3.63, 3.8) is 0 Å². The van der Waals surface area contributed by atoms with Gasteiger partial charge in [-0.25, -0.2) is 4.79 Å². The van der Waals surface area contributed by atoms with Crippen molar-refractivity contribution < 1.29 is 34.1 Å². The summed E-state index contributed by atoms with van der Waals surface area (Å²) in [4.78, 5) is 47.8. The Hall–Kier alpha value is -3.20. The van der Waals surface area contributed by atoms with Gasteiger partial charge in [-0.05, 0) is 77.0 Å². The van der Waals surface area contributed by atoms with E-state index in [1.54, 1.807) is 0 Å². The van der Waals surface area contributed by atoms with Gasteiger partial charge in [-0.1, -0.05) is 210 Å². The van der Waals surface area contributed by atoms with E-state index in [0.29, 0.717) is 12.8 Å². The molecule has 370 valence electrons. The number of aliphatic hydroxyl groups is 1. The lowest BCUT2D eigenvalue weighted by Gasteiger charge is -2.18. The highest BCUT2D eigenvalue weighted by Gasteiger charge is 2.19. The highest BCUT2D eigenvalue weighted by Crippen LogP contribution is 2.19. The third-order valence-electron chi connectivity index (χ3n) is 11.8. The fourth-order valence-corrected chi connectivity index (χ4v) is 7.83. The van der Waals surface area contributed by atoms with Gasteiger partial charge >= 0.3 is 11.9 Å². The molecule has 0 aromatic rings. The third kappa shape index (κ3) is 45.4. The summed E-state index contributed by atoms with van der Waals surface area (Å²) in [6, 6.07) is -1.39. The van der Waals surface area contributed by atoms with E-state index >= 15 is 0 Å². The number of hydrogen-bond donors (Lipinski definition) is 4. The summed E-state index contributed by atoms with van der Waals surface area (Å²) in [7, 11) is 0. The average Bonchev–Trinajstić information content (AvgIpc) is 3.28. The summed E-state index contributed by atoms with van der Waals surface area (Å²) in [6.07, 6.45) is 60.1. The zero-order chi connectivity index (χ0) is 46.8. The van der Waals surface area contributed by atoms with E-state index < -0.39 is 24.5 Å². The van der Waals surface area contributed by atoms with E-state index in [2.05, 4.69) is 73.1 Å². The number of unbranched alkanes of at least 4 members (excludes halogenated alkanes) is 26. The number of carbonyl (C=O) groups excluding carboxylic acids is 3. The summed E-state index contributed by atoms with van der Waals surface area (Å²) in [5.41, 5.74) is 0. The van der Waals surface area contributed by atoms with E-state index in [-0.39, 0.29) is 30.9 Å². The minimum atomic E-state index is -1.39. The van der Waals surface area contributed by atoms with Gasteiger partial charge in [0, 0.05) is 12.8 Å². The number of aliphatic carboxylic acids is 1. The molecular weight excluding hydrogens is 801 g/mol. The van der Waals surface area contributed by atoms with Gasteiger partial charge in [0.15, 0.2) is 0 Å². The molecule has 0 fully saturated rings. The van der Waals surface area contributed by atoms with Crippen LogP contribution in [-0.2, 0) is 23.9 Å². The quantitative estimate of drug-likeness (QED) is 0.0271. The third-order valence-corrected chi connectivity index (χ3v) is 11.8. The predicted octanol–water partition coefficient (Wildman–Crippen LogP) is 14.3. The first-order valence-corrected chi connectivity index (χ1v) is 26.5. The highest BCUT2D eigenvalue weighted by atomic mass is 16.5. The maximum Gasteiger partial charge on any atom is 0.328 e. The monoisotopic (exact) mass is 899 g/mol. The normalized spacial score (nSPS) is 12.8. The molecule has 64 heavy (non-hydrogen) atoms. The van der Waals surface area contributed by atoms with E-state index in [0.717, 1.165) is 96.3 Å². The second-order valence-corrected chi connectivity index (χ2v) is 17.9. The molecule has 0 aliphatic heterocycles. The lowest BCUT2D eigenvalue weighted by molar-refractivity contribution is -0.150. The Morgan fingerprint density at radius 2 is 0.891 bits per heavy atom. The molecule has 0 heterocycles. The molecule has 0 aromatic carbocycles. The van der Waals surface area contributed by atoms with Crippen molar-refractivity contribution in [2.24, 2.45) is 0 Å². The summed E-state index contributed by atoms with van der Waals surface area (Å²) in [5, 5.41) is 22.6. The lowest BCUT2D eigenvalue weighted by Crippen LogP contribution is -2.47. The first kappa shape index (κ1) is 60.8. The van der Waals surface area contributed by atoms with Gasteiger partial charge in [-0.15, -0.1) is 0 Å². The number of carboxylic acid groups (broad SMARTS) is 1. The maximum atomic E-state index is 12.9. The van der Waals surface area contributed by atoms with Gasteiger partial charge in [0.05, 0.1) is 13.2 Å². The average molecular weight is 899 g/mol. The lowest BCUT2D eigenvalue weighted by atomic mass is 10.0. The Bertz CT molecular complexity index is 1210. The highest BCUT2D eigenvalue weighted by molar-refractivity contribution is 5.87. The Morgan fingerprint density at radius 3 is 1.34 bits per heavy atom. The standard InChI is InChI=1S/C55H98N2O7/c1-3-5-7-9-11-13-15-17-19-20-21-22-23-24-26-28-30-32-34-39-43-47-54(61)64-50(44-40-36-33-31-29-27-25-18-16-14-12-10-8-6-4-2)45-41-37-35-38-42-46-52(59)56-48-53(60)57-51(49-58)55(62)63/h6,8,12,14,18,25,29,31,50-51,58H,3-5,7,9-11,13,15-17,19-24,26-28,30,32-49H2,1-2H3,(H,56,59)(H,57,60)(H,62,63)/b8-6-,14-12-,25-18-,31-29-. The molecule has 9 nitrogen and oxygen atoms in total. The molecular formula is C55H98N2O7. The van der Waals surface area contributed by atoms with Gasteiger partial charge in [0.25, 0.3) is 0 Å². The Balaban J connectivity index is 4.30. The van der Waals surface area contributed by atoms with Crippen LogP contribution in [0.2, 0.25) is 0 Å². The van der Waals surface area contributed by atoms with Crippen LogP contribution in [0.5, 0.6) is 0 Å². The zero-order valence-electron chi connectivity index (χ0n) is 41.3. The largest absolute Gasteiger partial charge is 0.480 e. The number of ether oxygens (including phenoxy) is 1. The number of esters is 1. The Morgan fingerprint density at radius 1 is 0.484 bits per heavy atom. The minimum absolute atomic E-state index is 0.0525. The Labute approximate surface area is 392 Å². The van der Waals surface area contributed by atoms with Crippen molar-refractivity contribution in [1.29, 1.82) is 0 Å². The molecule has 9 heteroatoms. The Kier molecular flexibility index (Phi) is 46.8. The van der Waals surface area contributed by atoms with Crippen LogP contribution in [0.25, 0.3) is 0 Å². The number of aliphatic hydroxyl groups excluding tert-OH is 1. The van der Waals surface area contributed by atoms with Crippen LogP contribution in [0.4, 0.5) is 0 Å². The van der Waals surface area contributed by atoms with Crippen LogP contribution >= 0.6 is 0 Å². The fourth-order valence-electron chi connectivity index (χ4n) is 7.83. The topological polar surface area (TPSA) is 142 Å². The first-order chi connectivity index (χ1) is 31.3. The molecule has 0 aromatic heterocycles. The SMILES string of the molecule is CC/C=C\C/C=C\C/C=C\C/C=C\CCCCC(CCCCCCCC(=O)NCC(=O)NC(CO)C(=O)O)OC(=O)CCCCCCCCCCCCCCCCCCCCCCC. The van der Waals surface area contributed by atoms with Crippen LogP contribution in [0.15, 0.2) is 48.6 Å². The zero-order valence-corrected chi connectivity index (χ0v) is 41.3.